The van der Waals surface area contributed by atoms with Crippen molar-refractivity contribution in [2.45, 2.75) is 35.4 Å². The minimum atomic E-state index is -3.69. The van der Waals surface area contributed by atoms with Gasteiger partial charge in [-0.1, -0.05) is 18.0 Å². The van der Waals surface area contributed by atoms with Crippen LogP contribution >= 0.6 is 27.3 Å². The first kappa shape index (κ1) is 14.8. The number of halogens is 1. The summed E-state index contributed by atoms with van der Waals surface area (Å²) in [5.41, 5.74) is 4.70. The van der Waals surface area contributed by atoms with Crippen molar-refractivity contribution in [2.75, 3.05) is 0 Å². The number of sulfonamides is 1. The number of thiophene rings is 1. The predicted molar refractivity (Wildman–Crippen MR) is 76.9 cm³/mol. The zero-order valence-electron chi connectivity index (χ0n) is 9.97. The first-order chi connectivity index (χ1) is 8.91. The van der Waals surface area contributed by atoms with Crippen molar-refractivity contribution in [3.05, 3.63) is 15.9 Å². The fraction of sp³-hybridized carbons (Fsp3) is 0.500. The van der Waals surface area contributed by atoms with Gasteiger partial charge in [-0.15, -0.1) is 11.3 Å². The lowest BCUT2D eigenvalue weighted by Gasteiger charge is -2.28. The van der Waals surface area contributed by atoms with Gasteiger partial charge in [-0.2, -0.15) is 4.72 Å². The molecule has 0 aromatic carbocycles. The monoisotopic (exact) mass is 367 g/mol. The third kappa shape index (κ3) is 2.78. The van der Waals surface area contributed by atoms with Crippen LogP contribution in [0.4, 0.5) is 0 Å². The second-order valence-corrected chi connectivity index (χ2v) is 8.08. The molecule has 0 spiro atoms. The van der Waals surface area contributed by atoms with Gasteiger partial charge in [0.25, 0.3) is 10.0 Å². The van der Waals surface area contributed by atoms with Crippen molar-refractivity contribution in [2.24, 2.45) is 10.9 Å². The van der Waals surface area contributed by atoms with Crippen molar-refractivity contribution in [3.63, 3.8) is 0 Å². The van der Waals surface area contributed by atoms with E-state index in [0.717, 1.165) is 24.2 Å². The number of hydrogen-bond acceptors (Lipinski definition) is 5. The van der Waals surface area contributed by atoms with E-state index in [9.17, 15) is 8.42 Å². The van der Waals surface area contributed by atoms with Crippen LogP contribution in [0.5, 0.6) is 0 Å². The second-order valence-electron chi connectivity index (χ2n) is 4.44. The van der Waals surface area contributed by atoms with Gasteiger partial charge in [0.2, 0.25) is 0 Å². The van der Waals surface area contributed by atoms with Gasteiger partial charge in [-0.05, 0) is 40.2 Å². The minimum absolute atomic E-state index is 0.0822. The molecule has 0 aliphatic heterocycles. The van der Waals surface area contributed by atoms with Crippen LogP contribution in [0, 0.1) is 0 Å². The average Bonchev–Trinajstić information content (AvgIpc) is 2.97. The number of rotatable bonds is 4. The van der Waals surface area contributed by atoms with Crippen LogP contribution in [-0.4, -0.2) is 25.0 Å². The molecule has 0 atom stereocenters. The lowest BCUT2D eigenvalue weighted by atomic mass is 9.98. The Labute approximate surface area is 123 Å². The highest BCUT2D eigenvalue weighted by Gasteiger charge is 2.42. The van der Waals surface area contributed by atoms with Crippen LogP contribution in [0.2, 0.25) is 0 Å². The Morgan fingerprint density at radius 2 is 2.16 bits per heavy atom. The van der Waals surface area contributed by atoms with Crippen molar-refractivity contribution in [1.29, 1.82) is 0 Å². The van der Waals surface area contributed by atoms with Crippen molar-refractivity contribution >= 4 is 43.1 Å². The molecule has 1 aliphatic carbocycles. The Kier molecular flexibility index (Phi) is 4.19. The molecule has 0 radical (unpaired) electrons. The van der Waals surface area contributed by atoms with Crippen LogP contribution in [0.3, 0.4) is 0 Å². The van der Waals surface area contributed by atoms with E-state index < -0.39 is 15.6 Å². The fourth-order valence-electron chi connectivity index (χ4n) is 2.26. The van der Waals surface area contributed by atoms with E-state index in [4.69, 9.17) is 10.9 Å². The quantitative estimate of drug-likeness (QED) is 0.326. The van der Waals surface area contributed by atoms with Crippen LogP contribution in [-0.2, 0) is 10.0 Å². The summed E-state index contributed by atoms with van der Waals surface area (Å²) in [4.78, 5) is 0. The zero-order valence-corrected chi connectivity index (χ0v) is 13.2. The molecule has 106 valence electrons. The second kappa shape index (κ2) is 5.39. The topological polar surface area (TPSA) is 105 Å². The molecule has 0 saturated heterocycles. The lowest BCUT2D eigenvalue weighted by molar-refractivity contribution is 0.310. The van der Waals surface area contributed by atoms with E-state index in [0.29, 0.717) is 17.3 Å². The molecule has 19 heavy (non-hydrogen) atoms. The molecule has 1 aromatic heterocycles. The molecule has 1 aromatic rings. The summed E-state index contributed by atoms with van der Waals surface area (Å²) in [6.07, 6.45) is 2.74. The van der Waals surface area contributed by atoms with Crippen LogP contribution in [0.1, 0.15) is 25.7 Å². The van der Waals surface area contributed by atoms with Gasteiger partial charge in [0, 0.05) is 4.47 Å². The lowest BCUT2D eigenvalue weighted by Crippen LogP contribution is -2.55. The number of oxime groups is 1. The maximum Gasteiger partial charge on any atom is 0.252 e. The maximum atomic E-state index is 12.4. The fourth-order valence-corrected chi connectivity index (χ4v) is 6.03. The number of nitrogens with two attached hydrogens (primary N) is 1. The number of nitrogens with zero attached hydrogens (tertiary/aromatic N) is 1. The van der Waals surface area contributed by atoms with Gasteiger partial charge in [-0.25, -0.2) is 8.42 Å². The average molecular weight is 368 g/mol. The molecule has 1 fully saturated rings. The standard InChI is InChI=1S/C10H14BrN3O3S2/c11-7-3-6-18-8(7)19(16,17)14-10(9(12)13-15)4-1-2-5-10/h3,6,14-15H,1-2,4-5H2,(H2,12,13). The molecular weight excluding hydrogens is 354 g/mol. The Balaban J connectivity index is 2.36. The molecule has 4 N–H and O–H groups in total. The molecule has 2 rings (SSSR count). The predicted octanol–water partition coefficient (Wildman–Crippen LogP) is 1.85. The van der Waals surface area contributed by atoms with Gasteiger partial charge >= 0.3 is 0 Å². The van der Waals surface area contributed by atoms with E-state index in [1.807, 2.05) is 0 Å². The number of hydrogen-bond donors (Lipinski definition) is 3. The van der Waals surface area contributed by atoms with Gasteiger partial charge in [0.15, 0.2) is 5.84 Å². The summed E-state index contributed by atoms with van der Waals surface area (Å²) >= 11 is 4.32. The van der Waals surface area contributed by atoms with Gasteiger partial charge in [0.05, 0.1) is 5.54 Å². The Morgan fingerprint density at radius 3 is 2.63 bits per heavy atom. The van der Waals surface area contributed by atoms with Crippen molar-refractivity contribution in [3.8, 4) is 0 Å². The number of nitrogens with one attached hydrogen (secondary N) is 1. The normalized spacial score (nSPS) is 19.7. The molecule has 0 amide bonds. The van der Waals surface area contributed by atoms with Gasteiger partial charge < -0.3 is 10.9 Å². The van der Waals surface area contributed by atoms with E-state index in [1.54, 1.807) is 11.4 Å². The van der Waals surface area contributed by atoms with E-state index in [-0.39, 0.29) is 10.0 Å². The first-order valence-electron chi connectivity index (χ1n) is 5.66. The molecule has 6 nitrogen and oxygen atoms in total. The Hall–Kier alpha value is -0.640. The zero-order chi connectivity index (χ0) is 14.1. The molecule has 1 heterocycles. The molecule has 0 bridgehead atoms. The van der Waals surface area contributed by atoms with Gasteiger partial charge in [-0.3, -0.25) is 0 Å². The van der Waals surface area contributed by atoms with Crippen LogP contribution in [0.25, 0.3) is 0 Å². The first-order valence-corrected chi connectivity index (χ1v) is 8.82. The summed E-state index contributed by atoms with van der Waals surface area (Å²) in [6.45, 7) is 0. The molecule has 0 unspecified atom stereocenters. The van der Waals surface area contributed by atoms with Crippen molar-refractivity contribution < 1.29 is 13.6 Å². The molecule has 1 saturated carbocycles. The third-order valence-corrected chi connectivity index (χ3v) is 7.42. The highest BCUT2D eigenvalue weighted by Crippen LogP contribution is 2.34. The maximum absolute atomic E-state index is 12.4. The summed E-state index contributed by atoms with van der Waals surface area (Å²) in [7, 11) is -3.69. The third-order valence-electron chi connectivity index (χ3n) is 3.21. The van der Waals surface area contributed by atoms with Gasteiger partial charge in [0.1, 0.15) is 4.21 Å². The SMILES string of the molecule is N/C(=N/O)C1(NS(=O)(=O)c2sccc2Br)CCCC1. The largest absolute Gasteiger partial charge is 0.409 e. The van der Waals surface area contributed by atoms with Crippen LogP contribution < -0.4 is 10.5 Å². The van der Waals surface area contributed by atoms with E-state index >= 15 is 0 Å². The summed E-state index contributed by atoms with van der Waals surface area (Å²) in [5, 5.41) is 13.5. The summed E-state index contributed by atoms with van der Waals surface area (Å²) < 4.78 is 28.1. The summed E-state index contributed by atoms with van der Waals surface area (Å²) in [6, 6.07) is 1.67. The molecular formula is C10H14BrN3O3S2. The van der Waals surface area contributed by atoms with Crippen molar-refractivity contribution in [1.82, 2.24) is 4.72 Å². The highest BCUT2D eigenvalue weighted by atomic mass is 79.9. The molecule has 9 heteroatoms. The van der Waals surface area contributed by atoms with E-state index in [2.05, 4.69) is 25.8 Å². The van der Waals surface area contributed by atoms with Crippen LogP contribution in [0.15, 0.2) is 25.3 Å². The Morgan fingerprint density at radius 1 is 1.53 bits per heavy atom. The minimum Gasteiger partial charge on any atom is -0.409 e. The number of amidine groups is 1. The molecule has 1 aliphatic rings. The van der Waals surface area contributed by atoms with E-state index in [1.165, 1.54) is 0 Å². The summed E-state index contributed by atoms with van der Waals surface area (Å²) in [5.74, 6) is -0.0822. The Bertz CT molecular complexity index is 591. The highest BCUT2D eigenvalue weighted by molar-refractivity contribution is 9.10. The smallest absolute Gasteiger partial charge is 0.252 e.